The van der Waals surface area contributed by atoms with Crippen LogP contribution in [0, 0.1) is 5.41 Å². The summed E-state index contributed by atoms with van der Waals surface area (Å²) in [5.74, 6) is 0. The van der Waals surface area contributed by atoms with Crippen LogP contribution in [0.15, 0.2) is 41.6 Å². The summed E-state index contributed by atoms with van der Waals surface area (Å²) >= 11 is 0. The van der Waals surface area contributed by atoms with Gasteiger partial charge in [0.25, 0.3) is 0 Å². The van der Waals surface area contributed by atoms with Gasteiger partial charge >= 0.3 is 0 Å². The second-order valence-electron chi connectivity index (χ2n) is 3.97. The number of nitrogens with zero attached hydrogens (tertiary/aromatic N) is 1. The Bertz CT molecular complexity index is 249. The van der Waals surface area contributed by atoms with Crippen molar-refractivity contribution in [1.82, 2.24) is 0 Å². The molecule has 0 aromatic carbocycles. The van der Waals surface area contributed by atoms with Crippen molar-refractivity contribution < 1.29 is 0 Å². The Morgan fingerprint density at radius 3 is 2.08 bits per heavy atom. The number of aliphatic imine (C=N–C) groups is 1. The summed E-state index contributed by atoms with van der Waals surface area (Å²) in [7, 11) is 0. The molecule has 0 aliphatic carbocycles. The molecule has 0 N–H and O–H groups in total. The third-order valence-corrected chi connectivity index (χ3v) is 1.78. The molecule has 0 aliphatic rings. The predicted molar refractivity (Wildman–Crippen MR) is 61.0 cm³/mol. The van der Waals surface area contributed by atoms with Crippen LogP contribution in [-0.4, -0.2) is 6.21 Å². The molecule has 0 bridgehead atoms. The van der Waals surface area contributed by atoms with Crippen molar-refractivity contribution in [2.24, 2.45) is 10.4 Å². The van der Waals surface area contributed by atoms with Crippen molar-refractivity contribution in [3.05, 3.63) is 36.6 Å². The number of rotatable bonds is 3. The van der Waals surface area contributed by atoms with E-state index in [-0.39, 0.29) is 5.41 Å². The summed E-state index contributed by atoms with van der Waals surface area (Å²) in [6, 6.07) is 0. The molecule has 0 atom stereocenters. The fourth-order valence-electron chi connectivity index (χ4n) is 1.23. The summed E-state index contributed by atoms with van der Waals surface area (Å²) < 4.78 is 0. The summed E-state index contributed by atoms with van der Waals surface area (Å²) in [6.07, 6.45) is 5.24. The van der Waals surface area contributed by atoms with Crippen molar-refractivity contribution in [2.45, 2.75) is 27.7 Å². The van der Waals surface area contributed by atoms with Crippen LogP contribution in [0.25, 0.3) is 0 Å². The standard InChI is InChI=1S/C12H19N/c1-7-9-13-10(3)11(8-2)12(4,5)6/h7-9H,1-2H2,3-6H3/b11-10+,13-9?. The monoisotopic (exact) mass is 177 g/mol. The van der Waals surface area contributed by atoms with E-state index >= 15 is 0 Å². The molecule has 0 amide bonds. The molecular formula is C12H19N. The summed E-state index contributed by atoms with van der Waals surface area (Å²) in [4.78, 5) is 4.25. The minimum absolute atomic E-state index is 0.102. The van der Waals surface area contributed by atoms with Crippen LogP contribution >= 0.6 is 0 Å². The average molecular weight is 177 g/mol. The second kappa shape index (κ2) is 4.80. The van der Waals surface area contributed by atoms with E-state index in [1.165, 1.54) is 5.57 Å². The molecule has 13 heavy (non-hydrogen) atoms. The van der Waals surface area contributed by atoms with Crippen molar-refractivity contribution in [2.75, 3.05) is 0 Å². The van der Waals surface area contributed by atoms with Crippen molar-refractivity contribution >= 4 is 6.21 Å². The first kappa shape index (κ1) is 11.9. The van der Waals surface area contributed by atoms with Gasteiger partial charge in [-0.1, -0.05) is 46.1 Å². The highest BCUT2D eigenvalue weighted by Crippen LogP contribution is 2.28. The fraction of sp³-hybridized carbons (Fsp3) is 0.417. The van der Waals surface area contributed by atoms with Crippen molar-refractivity contribution in [3.63, 3.8) is 0 Å². The van der Waals surface area contributed by atoms with Gasteiger partial charge in [-0.15, -0.1) is 0 Å². The van der Waals surface area contributed by atoms with Crippen LogP contribution < -0.4 is 0 Å². The van der Waals surface area contributed by atoms with Gasteiger partial charge in [-0.2, -0.15) is 0 Å². The van der Waals surface area contributed by atoms with Gasteiger partial charge in [0, 0.05) is 11.9 Å². The van der Waals surface area contributed by atoms with Gasteiger partial charge < -0.3 is 0 Å². The van der Waals surface area contributed by atoms with Crippen LogP contribution in [0.1, 0.15) is 27.7 Å². The van der Waals surface area contributed by atoms with Gasteiger partial charge in [0.15, 0.2) is 0 Å². The van der Waals surface area contributed by atoms with E-state index in [2.05, 4.69) is 38.9 Å². The predicted octanol–water partition coefficient (Wildman–Crippen LogP) is 3.75. The first-order valence-corrected chi connectivity index (χ1v) is 4.42. The Labute approximate surface area is 81.6 Å². The molecule has 0 saturated carbocycles. The molecule has 72 valence electrons. The molecule has 0 aliphatic heterocycles. The Hall–Kier alpha value is -1.11. The second-order valence-corrected chi connectivity index (χ2v) is 3.97. The average Bonchev–Trinajstić information content (AvgIpc) is 1.99. The van der Waals surface area contributed by atoms with Crippen LogP contribution in [0.3, 0.4) is 0 Å². The van der Waals surface area contributed by atoms with Crippen LogP contribution in [0.2, 0.25) is 0 Å². The molecule has 0 aromatic rings. The van der Waals surface area contributed by atoms with Gasteiger partial charge in [0.2, 0.25) is 0 Å². The molecule has 0 radical (unpaired) electrons. The molecule has 0 saturated heterocycles. The van der Waals surface area contributed by atoms with Crippen molar-refractivity contribution in [3.8, 4) is 0 Å². The Kier molecular flexibility index (Phi) is 4.39. The minimum atomic E-state index is 0.102. The third-order valence-electron chi connectivity index (χ3n) is 1.78. The zero-order chi connectivity index (χ0) is 10.5. The topological polar surface area (TPSA) is 12.4 Å². The molecule has 0 fully saturated rings. The van der Waals surface area contributed by atoms with Crippen LogP contribution in [0.4, 0.5) is 0 Å². The minimum Gasteiger partial charge on any atom is -0.261 e. The van der Waals surface area contributed by atoms with E-state index in [0.29, 0.717) is 0 Å². The highest BCUT2D eigenvalue weighted by atomic mass is 14.7. The lowest BCUT2D eigenvalue weighted by Gasteiger charge is -2.21. The lowest BCUT2D eigenvalue weighted by atomic mass is 9.85. The van der Waals surface area contributed by atoms with Gasteiger partial charge in [-0.25, -0.2) is 0 Å². The maximum Gasteiger partial charge on any atom is 0.0409 e. The van der Waals surface area contributed by atoms with Gasteiger partial charge in [0.1, 0.15) is 0 Å². The largest absolute Gasteiger partial charge is 0.261 e. The summed E-state index contributed by atoms with van der Waals surface area (Å²) in [5.41, 5.74) is 2.28. The normalized spacial score (nSPS) is 14.2. The summed E-state index contributed by atoms with van der Waals surface area (Å²) in [6.45, 7) is 15.8. The summed E-state index contributed by atoms with van der Waals surface area (Å²) in [5, 5.41) is 0. The van der Waals surface area contributed by atoms with E-state index in [0.717, 1.165) is 5.70 Å². The number of allylic oxidation sites excluding steroid dienone is 4. The SMILES string of the molecule is C=CC=N/C(C)=C(\C=C)C(C)(C)C. The fourth-order valence-corrected chi connectivity index (χ4v) is 1.23. The van der Waals surface area contributed by atoms with Gasteiger partial charge in [-0.05, 0) is 17.9 Å². The first-order chi connectivity index (χ1) is 5.93. The van der Waals surface area contributed by atoms with Gasteiger partial charge in [0.05, 0.1) is 0 Å². The third kappa shape index (κ3) is 3.88. The molecule has 1 nitrogen and oxygen atoms in total. The highest BCUT2D eigenvalue weighted by molar-refractivity contribution is 5.71. The lowest BCUT2D eigenvalue weighted by Crippen LogP contribution is -2.08. The zero-order valence-corrected chi connectivity index (χ0v) is 9.09. The molecule has 0 unspecified atom stereocenters. The Morgan fingerprint density at radius 2 is 1.77 bits per heavy atom. The van der Waals surface area contributed by atoms with Gasteiger partial charge in [-0.3, -0.25) is 4.99 Å². The molecule has 0 aromatic heterocycles. The number of hydrogen-bond donors (Lipinski definition) is 0. The highest BCUT2D eigenvalue weighted by Gasteiger charge is 2.16. The smallest absolute Gasteiger partial charge is 0.0409 e. The van der Waals surface area contributed by atoms with E-state index in [4.69, 9.17) is 0 Å². The van der Waals surface area contributed by atoms with Crippen LogP contribution in [0.5, 0.6) is 0 Å². The maximum absolute atomic E-state index is 4.25. The molecule has 0 heterocycles. The van der Waals surface area contributed by atoms with Crippen molar-refractivity contribution in [1.29, 1.82) is 0 Å². The lowest BCUT2D eigenvalue weighted by molar-refractivity contribution is 0.511. The van der Waals surface area contributed by atoms with E-state index < -0.39 is 0 Å². The Balaban J connectivity index is 5.01. The first-order valence-electron chi connectivity index (χ1n) is 4.42. The van der Waals surface area contributed by atoms with E-state index in [1.807, 2.05) is 13.0 Å². The number of hydrogen-bond acceptors (Lipinski definition) is 1. The zero-order valence-electron chi connectivity index (χ0n) is 9.09. The quantitative estimate of drug-likeness (QED) is 0.460. The van der Waals surface area contributed by atoms with E-state index in [9.17, 15) is 0 Å². The molecule has 1 heteroatoms. The Morgan fingerprint density at radius 1 is 1.23 bits per heavy atom. The molecule has 0 spiro atoms. The van der Waals surface area contributed by atoms with Crippen LogP contribution in [-0.2, 0) is 0 Å². The maximum atomic E-state index is 4.25. The molecular weight excluding hydrogens is 158 g/mol. The molecule has 0 rings (SSSR count). The van der Waals surface area contributed by atoms with E-state index in [1.54, 1.807) is 12.3 Å².